The fourth-order valence-electron chi connectivity index (χ4n) is 2.30. The van der Waals surface area contributed by atoms with Crippen LogP contribution in [0, 0.1) is 0 Å². The smallest absolute Gasteiger partial charge is 0.226 e. The minimum atomic E-state index is -0.531. The van der Waals surface area contributed by atoms with Crippen LogP contribution in [-0.2, 0) is 6.42 Å². The number of aromatic hydroxyl groups is 2. The van der Waals surface area contributed by atoms with Gasteiger partial charge in [0.05, 0.1) is 18.5 Å². The molecule has 0 saturated heterocycles. The lowest BCUT2D eigenvalue weighted by atomic mass is 10.1. The van der Waals surface area contributed by atoms with Gasteiger partial charge in [0.2, 0.25) is 11.6 Å². The highest BCUT2D eigenvalue weighted by Gasteiger charge is 2.14. The Balaban J connectivity index is 1.76. The first-order chi connectivity index (χ1) is 12.0. The van der Waals surface area contributed by atoms with E-state index in [1.165, 1.54) is 12.1 Å². The predicted molar refractivity (Wildman–Crippen MR) is 90.0 cm³/mol. The van der Waals surface area contributed by atoms with Crippen LogP contribution >= 0.6 is 0 Å². The maximum absolute atomic E-state index is 9.64. The van der Waals surface area contributed by atoms with Gasteiger partial charge in [0.25, 0.3) is 0 Å². The van der Waals surface area contributed by atoms with E-state index < -0.39 is 6.10 Å². The molecule has 2 unspecified atom stereocenters. The van der Waals surface area contributed by atoms with Gasteiger partial charge in [-0.15, -0.1) is 5.10 Å². The van der Waals surface area contributed by atoms with E-state index in [2.05, 4.69) is 36.0 Å². The molecule has 0 radical (unpaired) electrons. The molecule has 1 aromatic carbocycles. The predicted octanol–water partition coefficient (Wildman–Crippen LogP) is 0.110. The molecule has 6 N–H and O–H groups in total. The highest BCUT2D eigenvalue weighted by molar-refractivity contribution is 5.68. The number of hydrogen-bond donors (Lipinski definition) is 6. The molecule has 3 rings (SSSR count). The first-order valence-corrected chi connectivity index (χ1v) is 7.73. The first-order valence-electron chi connectivity index (χ1n) is 7.73. The Bertz CT molecular complexity index is 852. The van der Waals surface area contributed by atoms with Gasteiger partial charge >= 0.3 is 0 Å². The zero-order valence-electron chi connectivity index (χ0n) is 13.5. The number of benzene rings is 1. The molecule has 3 aromatic rings. The summed E-state index contributed by atoms with van der Waals surface area (Å²) >= 11 is 0. The third kappa shape index (κ3) is 4.31. The molecule has 0 spiro atoms. The molecule has 0 aliphatic heterocycles. The number of aliphatic hydroxyl groups excluding tert-OH is 1. The summed E-state index contributed by atoms with van der Waals surface area (Å²) in [5.74, 6) is -0.00967. The summed E-state index contributed by atoms with van der Waals surface area (Å²) in [4.78, 5) is 8.44. The van der Waals surface area contributed by atoms with E-state index in [0.717, 1.165) is 5.56 Å². The number of fused-ring (bicyclic) bond motifs is 1. The summed E-state index contributed by atoms with van der Waals surface area (Å²) in [6.45, 7) is 2.03. The number of H-pyrrole nitrogens is 1. The number of aliphatic hydroxyl groups is 1. The highest BCUT2D eigenvalue weighted by Crippen LogP contribution is 2.25. The van der Waals surface area contributed by atoms with Gasteiger partial charge in [0, 0.05) is 13.0 Å². The van der Waals surface area contributed by atoms with Gasteiger partial charge in [0.15, 0.2) is 11.5 Å². The Kier molecular flexibility index (Phi) is 4.91. The average molecular weight is 345 g/mol. The van der Waals surface area contributed by atoms with Crippen molar-refractivity contribution in [1.82, 2.24) is 30.7 Å². The molecule has 0 fully saturated rings. The molecule has 0 amide bonds. The molecule has 0 aliphatic carbocycles. The lowest BCUT2D eigenvalue weighted by Gasteiger charge is -2.21. The van der Waals surface area contributed by atoms with Crippen LogP contribution < -0.4 is 10.6 Å². The van der Waals surface area contributed by atoms with Crippen LogP contribution in [0.2, 0.25) is 0 Å². The van der Waals surface area contributed by atoms with E-state index in [9.17, 15) is 15.3 Å². The van der Waals surface area contributed by atoms with Crippen LogP contribution in [0.25, 0.3) is 11.2 Å². The van der Waals surface area contributed by atoms with Crippen molar-refractivity contribution in [2.24, 2.45) is 0 Å². The van der Waals surface area contributed by atoms with Gasteiger partial charge in [0.1, 0.15) is 5.52 Å². The van der Waals surface area contributed by atoms with Crippen molar-refractivity contribution in [1.29, 1.82) is 0 Å². The quantitative estimate of drug-likeness (QED) is 0.259. The molecule has 10 nitrogen and oxygen atoms in total. The number of hydrogen-bond acceptors (Lipinski definition) is 9. The van der Waals surface area contributed by atoms with Crippen molar-refractivity contribution in [2.45, 2.75) is 25.6 Å². The van der Waals surface area contributed by atoms with Crippen LogP contribution in [0.3, 0.4) is 0 Å². The maximum atomic E-state index is 9.64. The van der Waals surface area contributed by atoms with Gasteiger partial charge in [-0.1, -0.05) is 6.07 Å². The number of phenolic OH excluding ortho intramolecular Hbond substituents is 2. The lowest BCUT2D eigenvalue weighted by molar-refractivity contribution is 0.187. The average Bonchev–Trinajstić information content (AvgIpc) is 3.03. The first kappa shape index (κ1) is 16.9. The number of nitrogens with one attached hydrogen (secondary N) is 3. The van der Waals surface area contributed by atoms with Gasteiger partial charge in [-0.3, -0.25) is 5.32 Å². The normalized spacial score (nSPS) is 13.7. The zero-order valence-corrected chi connectivity index (χ0v) is 13.5. The number of phenols is 2. The summed E-state index contributed by atoms with van der Waals surface area (Å²) in [5, 5.41) is 45.2. The molecule has 10 heteroatoms. The molecule has 0 saturated carbocycles. The molecule has 25 heavy (non-hydrogen) atoms. The molecule has 0 aliphatic rings. The third-order valence-electron chi connectivity index (χ3n) is 3.52. The zero-order chi connectivity index (χ0) is 17.8. The lowest BCUT2D eigenvalue weighted by Crippen LogP contribution is -2.42. The summed E-state index contributed by atoms with van der Waals surface area (Å²) in [6.07, 6.45) is 1.16. The summed E-state index contributed by atoms with van der Waals surface area (Å²) < 4.78 is 0. The Labute approximate surface area is 143 Å². The van der Waals surface area contributed by atoms with Crippen molar-refractivity contribution < 1.29 is 15.3 Å². The number of anilines is 1. The van der Waals surface area contributed by atoms with Crippen molar-refractivity contribution in [2.75, 3.05) is 11.9 Å². The molecule has 2 atom stereocenters. The Hall–Kier alpha value is -2.98. The Morgan fingerprint density at radius 1 is 1.20 bits per heavy atom. The molecule has 2 heterocycles. The van der Waals surface area contributed by atoms with Gasteiger partial charge in [-0.25, -0.2) is 4.98 Å². The van der Waals surface area contributed by atoms with Crippen molar-refractivity contribution >= 4 is 17.1 Å². The second-order valence-electron chi connectivity index (χ2n) is 5.71. The molecule has 0 bridgehead atoms. The van der Waals surface area contributed by atoms with Crippen LogP contribution in [0.5, 0.6) is 11.5 Å². The van der Waals surface area contributed by atoms with E-state index in [1.54, 1.807) is 19.2 Å². The van der Waals surface area contributed by atoms with E-state index >= 15 is 0 Å². The summed E-state index contributed by atoms with van der Waals surface area (Å²) in [5.41, 5.74) is 1.78. The fourth-order valence-corrected chi connectivity index (χ4v) is 2.30. The van der Waals surface area contributed by atoms with E-state index in [4.69, 9.17) is 0 Å². The molecule has 132 valence electrons. The van der Waals surface area contributed by atoms with Crippen LogP contribution in [0.4, 0.5) is 5.95 Å². The monoisotopic (exact) mass is 345 g/mol. The largest absolute Gasteiger partial charge is 0.504 e. The summed E-state index contributed by atoms with van der Waals surface area (Å²) in [6, 6.07) is 4.61. The second-order valence-corrected chi connectivity index (χ2v) is 5.71. The SMILES string of the molecule is CC(O)CNC(Cc1ccc(O)c(O)c1)Nc1ncc2n[nH]nc2n1. The Morgan fingerprint density at radius 2 is 2.04 bits per heavy atom. The Morgan fingerprint density at radius 3 is 2.80 bits per heavy atom. The van der Waals surface area contributed by atoms with E-state index in [1.807, 2.05) is 0 Å². The molecular weight excluding hydrogens is 326 g/mol. The van der Waals surface area contributed by atoms with Crippen molar-refractivity contribution in [3.63, 3.8) is 0 Å². The maximum Gasteiger partial charge on any atom is 0.226 e. The van der Waals surface area contributed by atoms with Crippen molar-refractivity contribution in [3.05, 3.63) is 30.0 Å². The van der Waals surface area contributed by atoms with Crippen LogP contribution in [-0.4, -0.2) is 59.5 Å². The number of aromatic amines is 1. The molecular formula is C15H19N7O3. The van der Waals surface area contributed by atoms with E-state index in [-0.39, 0.29) is 17.7 Å². The third-order valence-corrected chi connectivity index (χ3v) is 3.52. The second kappa shape index (κ2) is 7.28. The van der Waals surface area contributed by atoms with Gasteiger partial charge in [-0.2, -0.15) is 15.3 Å². The van der Waals surface area contributed by atoms with Crippen LogP contribution in [0.1, 0.15) is 12.5 Å². The fraction of sp³-hybridized carbons (Fsp3) is 0.333. The minimum absolute atomic E-state index is 0.176. The number of nitrogens with zero attached hydrogens (tertiary/aromatic N) is 4. The minimum Gasteiger partial charge on any atom is -0.504 e. The van der Waals surface area contributed by atoms with Gasteiger partial charge in [-0.05, 0) is 24.6 Å². The molecule has 2 aromatic heterocycles. The van der Waals surface area contributed by atoms with E-state index in [0.29, 0.717) is 30.1 Å². The standard InChI is InChI=1S/C15H19N7O3/c1-8(23)6-16-13(5-9-2-3-11(24)12(25)4-9)18-15-17-7-10-14(19-15)21-22-20-10/h2-4,7-8,13,16,23-25H,5-6H2,1H3,(H2,17,18,19,20,21,22). The number of rotatable bonds is 7. The summed E-state index contributed by atoms with van der Waals surface area (Å²) in [7, 11) is 0. The topological polar surface area (TPSA) is 152 Å². The highest BCUT2D eigenvalue weighted by atomic mass is 16.3. The van der Waals surface area contributed by atoms with Gasteiger partial charge < -0.3 is 20.6 Å². The van der Waals surface area contributed by atoms with Crippen molar-refractivity contribution in [3.8, 4) is 11.5 Å². The van der Waals surface area contributed by atoms with Crippen LogP contribution in [0.15, 0.2) is 24.4 Å². The number of aromatic nitrogens is 5.